The Labute approximate surface area is 108 Å². The van der Waals surface area contributed by atoms with E-state index < -0.39 is 29.7 Å². The molecule has 2 nitrogen and oxygen atoms in total. The highest BCUT2D eigenvalue weighted by Gasteiger charge is 2.61. The Hall–Kier alpha value is -0.470. The number of nitrogens with one attached hydrogen (secondary N) is 1. The van der Waals surface area contributed by atoms with Gasteiger partial charge in [0.15, 0.2) is 0 Å². The van der Waals surface area contributed by atoms with Gasteiger partial charge in [0.05, 0.1) is 0 Å². The van der Waals surface area contributed by atoms with E-state index in [1.807, 2.05) is 0 Å². The van der Waals surface area contributed by atoms with Crippen LogP contribution in [0.25, 0.3) is 0 Å². The van der Waals surface area contributed by atoms with Crippen LogP contribution >= 0.6 is 15.9 Å². The first-order chi connectivity index (χ1) is 7.87. The number of hydrogen-bond donors (Lipinski definition) is 1. The highest BCUT2D eigenvalue weighted by atomic mass is 79.9. The smallest absolute Gasteiger partial charge is 0.349 e. The molecule has 1 atom stereocenters. The third kappa shape index (κ3) is 4.66. The van der Waals surface area contributed by atoms with E-state index >= 15 is 0 Å². The summed E-state index contributed by atoms with van der Waals surface area (Å²) in [5, 5.41) is 1.83. The van der Waals surface area contributed by atoms with E-state index in [4.69, 9.17) is 0 Å². The average Bonchev–Trinajstić information content (AvgIpc) is 2.12. The maximum absolute atomic E-state index is 12.3. The van der Waals surface area contributed by atoms with Gasteiger partial charge >= 0.3 is 12.4 Å². The van der Waals surface area contributed by atoms with Crippen molar-refractivity contribution in [3.05, 3.63) is 0 Å². The van der Waals surface area contributed by atoms with E-state index in [1.165, 1.54) is 13.8 Å². The van der Waals surface area contributed by atoms with Gasteiger partial charge < -0.3 is 5.32 Å². The molecule has 0 aliphatic carbocycles. The van der Waals surface area contributed by atoms with Crippen molar-refractivity contribution in [2.45, 2.75) is 38.2 Å². The van der Waals surface area contributed by atoms with E-state index in [0.717, 1.165) is 0 Å². The predicted molar refractivity (Wildman–Crippen MR) is 56.2 cm³/mol. The quantitative estimate of drug-likeness (QED) is 0.615. The predicted octanol–water partition coefficient (Wildman–Crippen LogP) is 3.41. The summed E-state index contributed by atoms with van der Waals surface area (Å²) < 4.78 is 73.5. The second-order valence-electron chi connectivity index (χ2n) is 4.05. The molecular formula is C9H12BrF6NO. The van der Waals surface area contributed by atoms with Crippen molar-refractivity contribution in [3.8, 4) is 0 Å². The van der Waals surface area contributed by atoms with Crippen LogP contribution in [-0.4, -0.2) is 29.1 Å². The first kappa shape index (κ1) is 17.5. The SMILES string of the molecule is CCC(C)(CBr)NC(=O)C(C(F)(F)F)C(F)(F)F. The van der Waals surface area contributed by atoms with Gasteiger partial charge in [0.25, 0.3) is 0 Å². The second-order valence-corrected chi connectivity index (χ2v) is 4.61. The highest BCUT2D eigenvalue weighted by molar-refractivity contribution is 9.09. The van der Waals surface area contributed by atoms with Crippen LogP contribution < -0.4 is 5.32 Å². The number of carbonyl (C=O) groups is 1. The second kappa shape index (κ2) is 5.66. The van der Waals surface area contributed by atoms with Crippen molar-refractivity contribution in [2.75, 3.05) is 5.33 Å². The zero-order valence-corrected chi connectivity index (χ0v) is 11.1. The maximum atomic E-state index is 12.3. The molecule has 0 rings (SSSR count). The Kier molecular flexibility index (Phi) is 5.52. The van der Waals surface area contributed by atoms with Crippen LogP contribution in [0.3, 0.4) is 0 Å². The van der Waals surface area contributed by atoms with Gasteiger partial charge in [-0.2, -0.15) is 26.3 Å². The van der Waals surface area contributed by atoms with Gasteiger partial charge in [0, 0.05) is 10.9 Å². The average molecular weight is 344 g/mol. The fourth-order valence-electron chi connectivity index (χ4n) is 1.07. The van der Waals surface area contributed by atoms with Gasteiger partial charge in [-0.1, -0.05) is 22.9 Å². The molecule has 0 saturated carbocycles. The van der Waals surface area contributed by atoms with E-state index in [9.17, 15) is 31.1 Å². The van der Waals surface area contributed by atoms with Gasteiger partial charge in [0.2, 0.25) is 11.8 Å². The zero-order chi connectivity index (χ0) is 14.8. The molecule has 1 N–H and O–H groups in total. The Morgan fingerprint density at radius 3 is 1.78 bits per heavy atom. The summed E-state index contributed by atoms with van der Waals surface area (Å²) in [5.41, 5.74) is -1.16. The fourth-order valence-corrected chi connectivity index (χ4v) is 1.61. The summed E-state index contributed by atoms with van der Waals surface area (Å²) in [4.78, 5) is 11.2. The molecule has 0 bridgehead atoms. The topological polar surface area (TPSA) is 29.1 Å². The number of amides is 1. The third-order valence-corrected chi connectivity index (χ3v) is 3.65. The summed E-state index contributed by atoms with van der Waals surface area (Å²) >= 11 is 2.93. The minimum absolute atomic E-state index is 0.0463. The van der Waals surface area contributed by atoms with E-state index in [2.05, 4.69) is 15.9 Å². The van der Waals surface area contributed by atoms with Crippen LogP contribution in [0.1, 0.15) is 20.3 Å². The van der Waals surface area contributed by atoms with Crippen LogP contribution in [0.2, 0.25) is 0 Å². The Balaban J connectivity index is 5.14. The van der Waals surface area contributed by atoms with Crippen LogP contribution in [0.5, 0.6) is 0 Å². The molecule has 0 aromatic carbocycles. The lowest BCUT2D eigenvalue weighted by molar-refractivity contribution is -0.274. The summed E-state index contributed by atoms with van der Waals surface area (Å²) in [6.07, 6.45) is -11.1. The lowest BCUT2D eigenvalue weighted by atomic mass is 9.99. The van der Waals surface area contributed by atoms with Gasteiger partial charge in [-0.3, -0.25) is 4.79 Å². The fraction of sp³-hybridized carbons (Fsp3) is 0.889. The number of alkyl halides is 7. The summed E-state index contributed by atoms with van der Waals surface area (Å²) in [6.45, 7) is 2.89. The normalized spacial score (nSPS) is 16.6. The molecule has 0 saturated heterocycles. The van der Waals surface area contributed by atoms with E-state index in [0.29, 0.717) is 0 Å². The zero-order valence-electron chi connectivity index (χ0n) is 9.55. The molecule has 0 spiro atoms. The summed E-state index contributed by atoms with van der Waals surface area (Å²) in [5.74, 6) is -6.09. The van der Waals surface area contributed by atoms with Crippen LogP contribution in [-0.2, 0) is 4.79 Å². The Morgan fingerprint density at radius 1 is 1.17 bits per heavy atom. The lowest BCUT2D eigenvalue weighted by Gasteiger charge is -2.31. The highest BCUT2D eigenvalue weighted by Crippen LogP contribution is 2.39. The Bertz CT molecular complexity index is 282. The van der Waals surface area contributed by atoms with Crippen molar-refractivity contribution in [3.63, 3.8) is 0 Å². The number of hydrogen-bond acceptors (Lipinski definition) is 1. The third-order valence-electron chi connectivity index (χ3n) is 2.42. The first-order valence-electron chi connectivity index (χ1n) is 4.89. The maximum Gasteiger partial charge on any atom is 0.409 e. The van der Waals surface area contributed by atoms with Gasteiger partial charge in [-0.25, -0.2) is 0 Å². The molecule has 0 heterocycles. The molecule has 0 aromatic rings. The van der Waals surface area contributed by atoms with E-state index in [1.54, 1.807) is 5.32 Å². The molecule has 9 heteroatoms. The minimum Gasteiger partial charge on any atom is -0.349 e. The van der Waals surface area contributed by atoms with Crippen molar-refractivity contribution < 1.29 is 31.1 Å². The molecule has 0 aromatic heterocycles. The minimum atomic E-state index is -5.66. The molecule has 0 fully saturated rings. The van der Waals surface area contributed by atoms with Gasteiger partial charge in [-0.15, -0.1) is 0 Å². The van der Waals surface area contributed by atoms with Gasteiger partial charge in [0.1, 0.15) is 0 Å². The van der Waals surface area contributed by atoms with Crippen LogP contribution in [0, 0.1) is 5.92 Å². The molecule has 18 heavy (non-hydrogen) atoms. The molecular weight excluding hydrogens is 332 g/mol. The first-order valence-corrected chi connectivity index (χ1v) is 6.01. The van der Waals surface area contributed by atoms with Crippen molar-refractivity contribution >= 4 is 21.8 Å². The van der Waals surface area contributed by atoms with Crippen LogP contribution in [0.15, 0.2) is 0 Å². The number of rotatable bonds is 4. The molecule has 0 aliphatic rings. The number of halogens is 7. The summed E-state index contributed by atoms with van der Waals surface area (Å²) in [6, 6.07) is 0. The summed E-state index contributed by atoms with van der Waals surface area (Å²) in [7, 11) is 0. The van der Waals surface area contributed by atoms with Crippen molar-refractivity contribution in [2.24, 2.45) is 5.92 Å². The van der Waals surface area contributed by atoms with Crippen LogP contribution in [0.4, 0.5) is 26.3 Å². The molecule has 0 radical (unpaired) electrons. The van der Waals surface area contributed by atoms with Gasteiger partial charge in [-0.05, 0) is 13.3 Å². The lowest BCUT2D eigenvalue weighted by Crippen LogP contribution is -2.55. The van der Waals surface area contributed by atoms with Crippen molar-refractivity contribution in [1.82, 2.24) is 5.32 Å². The molecule has 1 unspecified atom stereocenters. The van der Waals surface area contributed by atoms with E-state index in [-0.39, 0.29) is 11.8 Å². The molecule has 0 aliphatic heterocycles. The standard InChI is InChI=1S/C9H12BrF6NO/c1-3-7(2,4-10)17-6(18)5(8(11,12)13)9(14,15)16/h5H,3-4H2,1-2H3,(H,17,18). The largest absolute Gasteiger partial charge is 0.409 e. The number of carbonyl (C=O) groups excluding carboxylic acids is 1. The monoisotopic (exact) mass is 343 g/mol. The molecule has 108 valence electrons. The Morgan fingerprint density at radius 2 is 1.56 bits per heavy atom. The van der Waals surface area contributed by atoms with Crippen molar-refractivity contribution in [1.29, 1.82) is 0 Å². The molecule has 1 amide bonds.